The van der Waals surface area contributed by atoms with Crippen LogP contribution in [0.1, 0.15) is 43.2 Å². The van der Waals surface area contributed by atoms with Crippen molar-refractivity contribution in [2.45, 2.75) is 55.7 Å². The molecule has 0 radical (unpaired) electrons. The summed E-state index contributed by atoms with van der Waals surface area (Å²) in [4.78, 5) is 41.5. The number of alkyl halides is 2. The molecule has 8 nitrogen and oxygen atoms in total. The Bertz CT molecular complexity index is 1380. The zero-order valence-electron chi connectivity index (χ0n) is 21.8. The molecule has 6 rings (SSSR count). The van der Waals surface area contributed by atoms with Crippen molar-refractivity contribution in [1.29, 1.82) is 5.26 Å². The van der Waals surface area contributed by atoms with Crippen LogP contribution in [0.15, 0.2) is 48.5 Å². The van der Waals surface area contributed by atoms with E-state index >= 15 is 0 Å². The largest absolute Gasteiger partial charge is 0.372 e. The van der Waals surface area contributed by atoms with Crippen LogP contribution in [0.25, 0.3) is 11.1 Å². The molecule has 0 spiro atoms. The van der Waals surface area contributed by atoms with Gasteiger partial charge < -0.3 is 20.6 Å². The van der Waals surface area contributed by atoms with E-state index < -0.39 is 66.0 Å². The van der Waals surface area contributed by atoms with Gasteiger partial charge in [-0.2, -0.15) is 5.26 Å². The summed E-state index contributed by atoms with van der Waals surface area (Å²) >= 11 is 0. The fraction of sp³-hybridized carbons (Fsp3) is 0.467. The van der Waals surface area contributed by atoms with Crippen molar-refractivity contribution < 1.29 is 28.3 Å². The van der Waals surface area contributed by atoms with Gasteiger partial charge in [0, 0.05) is 43.0 Å². The molecule has 0 aromatic heterocycles. The SMILES string of the molecule is N#C[C@@H](C[C@H]1CCCNC1=O)NC(=O)[C@H]1[C@@H]2CC(F)(F)C[C@@H]2CN1C(=O)C1(O)c2ccccc2-c2ccccc21. The number of likely N-dealkylation sites (tertiary alicyclic amines) is 1. The quantitative estimate of drug-likeness (QED) is 0.531. The summed E-state index contributed by atoms with van der Waals surface area (Å²) in [5, 5.41) is 27.3. The van der Waals surface area contributed by atoms with Crippen LogP contribution in [0, 0.1) is 29.1 Å². The average molecular weight is 549 g/mol. The molecule has 2 aliphatic carbocycles. The van der Waals surface area contributed by atoms with Gasteiger partial charge in [-0.25, -0.2) is 8.78 Å². The molecule has 2 aromatic rings. The van der Waals surface area contributed by atoms with Crippen molar-refractivity contribution in [3.63, 3.8) is 0 Å². The summed E-state index contributed by atoms with van der Waals surface area (Å²) < 4.78 is 29.0. The smallest absolute Gasteiger partial charge is 0.264 e. The maximum absolute atomic E-state index is 14.5. The van der Waals surface area contributed by atoms with Gasteiger partial charge in [0.05, 0.1) is 6.07 Å². The number of nitrogens with one attached hydrogen (secondary N) is 2. The Morgan fingerprint density at radius 3 is 2.40 bits per heavy atom. The van der Waals surface area contributed by atoms with Gasteiger partial charge in [0.15, 0.2) is 5.60 Å². The molecule has 208 valence electrons. The minimum absolute atomic E-state index is 0.0870. The van der Waals surface area contributed by atoms with Crippen LogP contribution in [0.5, 0.6) is 0 Å². The lowest BCUT2D eigenvalue weighted by Crippen LogP contribution is -2.56. The van der Waals surface area contributed by atoms with Crippen LogP contribution in [-0.4, -0.2) is 58.8 Å². The Morgan fingerprint density at radius 1 is 1.12 bits per heavy atom. The number of amides is 3. The first-order valence-corrected chi connectivity index (χ1v) is 13.7. The zero-order valence-corrected chi connectivity index (χ0v) is 21.8. The van der Waals surface area contributed by atoms with Crippen molar-refractivity contribution in [3.05, 3.63) is 59.7 Å². The number of carbonyl (C=O) groups is 3. The van der Waals surface area contributed by atoms with Gasteiger partial charge in [-0.15, -0.1) is 0 Å². The molecule has 0 bridgehead atoms. The summed E-state index contributed by atoms with van der Waals surface area (Å²) in [5.74, 6) is -6.53. The third-order valence-corrected chi connectivity index (χ3v) is 9.03. The third-order valence-electron chi connectivity index (χ3n) is 9.03. The number of nitrogens with zero attached hydrogens (tertiary/aromatic N) is 2. The predicted octanol–water partition coefficient (Wildman–Crippen LogP) is 2.70. The molecular formula is C30H30F2N4O4. The number of hydrogen-bond donors (Lipinski definition) is 3. The highest BCUT2D eigenvalue weighted by atomic mass is 19.3. The van der Waals surface area contributed by atoms with Crippen LogP contribution in [0.2, 0.25) is 0 Å². The monoisotopic (exact) mass is 548 g/mol. The molecule has 2 aromatic carbocycles. The number of fused-ring (bicyclic) bond motifs is 4. The maximum atomic E-state index is 14.5. The molecule has 2 saturated heterocycles. The first kappa shape index (κ1) is 26.4. The third kappa shape index (κ3) is 4.15. The van der Waals surface area contributed by atoms with Gasteiger partial charge in [-0.05, 0) is 42.2 Å². The molecular weight excluding hydrogens is 518 g/mol. The summed E-state index contributed by atoms with van der Waals surface area (Å²) in [6.07, 6.45) is 0.405. The van der Waals surface area contributed by atoms with E-state index in [1.165, 1.54) is 4.90 Å². The van der Waals surface area contributed by atoms with E-state index in [0.717, 1.165) is 6.42 Å². The molecule has 3 fully saturated rings. The van der Waals surface area contributed by atoms with E-state index in [2.05, 4.69) is 10.6 Å². The van der Waals surface area contributed by atoms with Crippen LogP contribution in [-0.2, 0) is 20.0 Å². The molecule has 3 N–H and O–H groups in total. The molecule has 40 heavy (non-hydrogen) atoms. The molecule has 2 heterocycles. The average Bonchev–Trinajstić information content (AvgIpc) is 3.53. The van der Waals surface area contributed by atoms with E-state index in [-0.39, 0.29) is 18.9 Å². The number of carbonyl (C=O) groups excluding carboxylic acids is 3. The van der Waals surface area contributed by atoms with Crippen molar-refractivity contribution >= 4 is 17.7 Å². The highest BCUT2D eigenvalue weighted by Crippen LogP contribution is 2.53. The number of benzene rings is 2. The summed E-state index contributed by atoms with van der Waals surface area (Å²) in [6.45, 7) is 0.455. The van der Waals surface area contributed by atoms with E-state index in [1.54, 1.807) is 36.4 Å². The number of halogens is 2. The molecule has 2 aliphatic heterocycles. The second-order valence-electron chi connectivity index (χ2n) is 11.4. The lowest BCUT2D eigenvalue weighted by atomic mass is 9.88. The lowest BCUT2D eigenvalue weighted by Gasteiger charge is -2.35. The van der Waals surface area contributed by atoms with Gasteiger partial charge in [0.1, 0.15) is 12.1 Å². The van der Waals surface area contributed by atoms with Crippen molar-refractivity contribution in [2.24, 2.45) is 17.8 Å². The van der Waals surface area contributed by atoms with Crippen LogP contribution < -0.4 is 10.6 Å². The van der Waals surface area contributed by atoms with Crippen molar-refractivity contribution in [3.8, 4) is 17.2 Å². The number of piperidine rings is 1. The summed E-state index contributed by atoms with van der Waals surface area (Å²) in [5.41, 5.74) is 0.0380. The second kappa shape index (κ2) is 9.66. The van der Waals surface area contributed by atoms with E-state index in [0.29, 0.717) is 35.2 Å². The van der Waals surface area contributed by atoms with Crippen LogP contribution in [0.3, 0.4) is 0 Å². The Hall–Kier alpha value is -3.84. The molecule has 5 atom stereocenters. The normalized spacial score (nSPS) is 28.1. The van der Waals surface area contributed by atoms with Crippen LogP contribution >= 0.6 is 0 Å². The second-order valence-corrected chi connectivity index (χ2v) is 11.4. The number of nitriles is 1. The minimum Gasteiger partial charge on any atom is -0.372 e. The first-order chi connectivity index (χ1) is 19.1. The van der Waals surface area contributed by atoms with Crippen LogP contribution in [0.4, 0.5) is 8.78 Å². The Morgan fingerprint density at radius 2 is 1.77 bits per heavy atom. The van der Waals surface area contributed by atoms with E-state index in [4.69, 9.17) is 0 Å². The highest BCUT2D eigenvalue weighted by Gasteiger charge is 2.61. The number of rotatable bonds is 5. The zero-order chi connectivity index (χ0) is 28.2. The summed E-state index contributed by atoms with van der Waals surface area (Å²) in [6, 6.07) is 13.7. The predicted molar refractivity (Wildman–Crippen MR) is 139 cm³/mol. The highest BCUT2D eigenvalue weighted by molar-refractivity contribution is 6.01. The molecule has 4 aliphatic rings. The fourth-order valence-electron chi connectivity index (χ4n) is 7.24. The van der Waals surface area contributed by atoms with Gasteiger partial charge in [-0.1, -0.05) is 48.5 Å². The van der Waals surface area contributed by atoms with E-state index in [1.807, 2.05) is 18.2 Å². The van der Waals surface area contributed by atoms with Crippen molar-refractivity contribution in [1.82, 2.24) is 15.5 Å². The molecule has 10 heteroatoms. The van der Waals surface area contributed by atoms with Gasteiger partial charge in [0.2, 0.25) is 17.7 Å². The Balaban J connectivity index is 1.32. The van der Waals surface area contributed by atoms with Gasteiger partial charge in [-0.3, -0.25) is 14.4 Å². The van der Waals surface area contributed by atoms with Gasteiger partial charge in [0.25, 0.3) is 5.91 Å². The Kier molecular flexibility index (Phi) is 6.37. The number of hydrogen-bond acceptors (Lipinski definition) is 5. The fourth-order valence-corrected chi connectivity index (χ4v) is 7.24. The summed E-state index contributed by atoms with van der Waals surface area (Å²) in [7, 11) is 0. The van der Waals surface area contributed by atoms with Crippen molar-refractivity contribution in [2.75, 3.05) is 13.1 Å². The van der Waals surface area contributed by atoms with E-state index in [9.17, 15) is 33.5 Å². The van der Waals surface area contributed by atoms with Gasteiger partial charge >= 0.3 is 0 Å². The topological polar surface area (TPSA) is 123 Å². The Labute approximate surface area is 230 Å². The maximum Gasteiger partial charge on any atom is 0.264 e. The minimum atomic E-state index is -2.97. The standard InChI is InChI=1S/C30H30F2N4O4/c31-29(32)13-18-16-36(28(39)30(40)23-9-3-1-7-20(23)21-8-2-4-10-24(21)30)25(22(18)14-29)27(38)35-19(15-33)12-17-6-5-11-34-26(17)37/h1-4,7-10,17-19,22,25,40H,5-6,11-14,16H2,(H,34,37)(H,35,38)/t17-,18-,19-,22-,25-/m1/s1. The molecule has 1 saturated carbocycles. The lowest BCUT2D eigenvalue weighted by molar-refractivity contribution is -0.153. The molecule has 0 unspecified atom stereocenters. The number of aliphatic hydroxyl groups is 1. The molecule has 3 amide bonds. The first-order valence-electron chi connectivity index (χ1n) is 13.7.